The first-order valence-corrected chi connectivity index (χ1v) is 7.60. The van der Waals surface area contributed by atoms with E-state index in [1.807, 2.05) is 30.3 Å². The molecule has 0 fully saturated rings. The normalized spacial score (nSPS) is 13.1. The number of nitrogens with one attached hydrogen (secondary N) is 1. The number of aliphatic hydroxyl groups excluding tert-OH is 3. The fourth-order valence-electron chi connectivity index (χ4n) is 2.12. The first-order chi connectivity index (χ1) is 11.6. The Bertz CT molecular complexity index is 630. The fourth-order valence-corrected chi connectivity index (χ4v) is 2.12. The zero-order valence-corrected chi connectivity index (χ0v) is 13.1. The largest absolute Gasteiger partial charge is 0.445 e. The van der Waals surface area contributed by atoms with Crippen LogP contribution in [-0.2, 0) is 18.0 Å². The maximum absolute atomic E-state index is 11.6. The van der Waals surface area contributed by atoms with Crippen LogP contribution in [0, 0.1) is 0 Å². The Hall–Kier alpha value is -2.41. The summed E-state index contributed by atoms with van der Waals surface area (Å²) in [6.07, 6.45) is -2.98. The average Bonchev–Trinajstić information content (AvgIpc) is 2.64. The lowest BCUT2D eigenvalue weighted by atomic mass is 10.0. The van der Waals surface area contributed by atoms with Crippen molar-refractivity contribution < 1.29 is 24.9 Å². The Morgan fingerprint density at radius 1 is 1.00 bits per heavy atom. The van der Waals surface area contributed by atoms with E-state index in [1.165, 1.54) is 0 Å². The number of carbonyl (C=O) groups is 1. The molecule has 4 N–H and O–H groups in total. The van der Waals surface area contributed by atoms with Crippen molar-refractivity contribution in [1.29, 1.82) is 0 Å². The Morgan fingerprint density at radius 3 is 2.29 bits per heavy atom. The second-order valence-electron chi connectivity index (χ2n) is 5.35. The van der Waals surface area contributed by atoms with Gasteiger partial charge in [-0.2, -0.15) is 0 Å². The molecule has 0 aromatic heterocycles. The smallest absolute Gasteiger partial charge is 0.407 e. The number of carbonyl (C=O) groups excluding carboxylic acids is 1. The van der Waals surface area contributed by atoms with Gasteiger partial charge in [-0.1, -0.05) is 54.6 Å². The van der Waals surface area contributed by atoms with Gasteiger partial charge in [0.15, 0.2) is 0 Å². The summed E-state index contributed by atoms with van der Waals surface area (Å²) in [5.41, 5.74) is 2.07. The number of hydrogen-bond acceptors (Lipinski definition) is 5. The lowest BCUT2D eigenvalue weighted by molar-refractivity contribution is 0.0184. The molecular formula is C18H21NO5. The predicted octanol–water partition coefficient (Wildman–Crippen LogP) is 1.50. The summed E-state index contributed by atoms with van der Waals surface area (Å²) in [5, 5.41) is 31.4. The van der Waals surface area contributed by atoms with E-state index in [2.05, 4.69) is 5.32 Å². The number of alkyl carbamates (subject to hydrolysis) is 1. The zero-order valence-electron chi connectivity index (χ0n) is 13.1. The third-order valence-corrected chi connectivity index (χ3v) is 3.54. The van der Waals surface area contributed by atoms with Gasteiger partial charge in [-0.3, -0.25) is 0 Å². The Balaban J connectivity index is 1.76. The summed E-state index contributed by atoms with van der Waals surface area (Å²) >= 11 is 0. The molecule has 0 aliphatic heterocycles. The van der Waals surface area contributed by atoms with Crippen molar-refractivity contribution in [3.8, 4) is 0 Å². The van der Waals surface area contributed by atoms with Crippen LogP contribution in [0.25, 0.3) is 0 Å². The highest BCUT2D eigenvalue weighted by Gasteiger charge is 2.19. The van der Waals surface area contributed by atoms with E-state index in [-0.39, 0.29) is 19.8 Å². The second-order valence-corrected chi connectivity index (χ2v) is 5.35. The molecule has 2 rings (SSSR count). The zero-order chi connectivity index (χ0) is 17.4. The quantitative estimate of drug-likeness (QED) is 0.616. The van der Waals surface area contributed by atoms with E-state index in [9.17, 15) is 15.0 Å². The van der Waals surface area contributed by atoms with Gasteiger partial charge in [-0.05, 0) is 16.7 Å². The lowest BCUT2D eigenvalue weighted by Gasteiger charge is -2.18. The number of aliphatic hydroxyl groups is 3. The monoisotopic (exact) mass is 331 g/mol. The number of rotatable bonds is 7. The van der Waals surface area contributed by atoms with Crippen LogP contribution in [0.3, 0.4) is 0 Å². The Kier molecular flexibility index (Phi) is 6.74. The molecule has 6 heteroatoms. The maximum atomic E-state index is 11.6. The molecule has 2 atom stereocenters. The summed E-state index contributed by atoms with van der Waals surface area (Å²) in [6, 6.07) is 15.8. The second kappa shape index (κ2) is 9.02. The van der Waals surface area contributed by atoms with Crippen molar-refractivity contribution in [1.82, 2.24) is 5.32 Å². The van der Waals surface area contributed by atoms with E-state index < -0.39 is 18.3 Å². The van der Waals surface area contributed by atoms with Crippen molar-refractivity contribution in [3.05, 3.63) is 71.3 Å². The minimum absolute atomic E-state index is 0.0895. The van der Waals surface area contributed by atoms with Crippen LogP contribution < -0.4 is 5.32 Å². The molecule has 0 aliphatic rings. The highest BCUT2D eigenvalue weighted by atomic mass is 16.5. The first-order valence-electron chi connectivity index (χ1n) is 7.60. The molecule has 0 heterocycles. The van der Waals surface area contributed by atoms with Crippen LogP contribution in [0.4, 0.5) is 4.79 Å². The standard InChI is InChI=1S/C18H21NO5/c20-11-13-6-8-15(9-7-13)17(22)16(21)10-19-18(23)24-12-14-4-2-1-3-5-14/h1-9,16-17,20-22H,10-12H2,(H,19,23). The molecule has 6 nitrogen and oxygen atoms in total. The fraction of sp³-hybridized carbons (Fsp3) is 0.278. The van der Waals surface area contributed by atoms with E-state index in [4.69, 9.17) is 9.84 Å². The van der Waals surface area contributed by atoms with Crippen LogP contribution in [-0.4, -0.2) is 34.1 Å². The molecule has 1 amide bonds. The predicted molar refractivity (Wildman–Crippen MR) is 88.0 cm³/mol. The minimum atomic E-state index is -1.17. The lowest BCUT2D eigenvalue weighted by Crippen LogP contribution is -2.35. The van der Waals surface area contributed by atoms with Crippen molar-refractivity contribution in [2.45, 2.75) is 25.4 Å². The molecule has 0 saturated heterocycles. The molecule has 0 spiro atoms. The highest BCUT2D eigenvalue weighted by Crippen LogP contribution is 2.17. The molecule has 0 bridgehead atoms. The number of hydrogen-bond donors (Lipinski definition) is 4. The van der Waals surface area contributed by atoms with E-state index in [0.29, 0.717) is 11.1 Å². The van der Waals surface area contributed by atoms with Crippen molar-refractivity contribution in [2.24, 2.45) is 0 Å². The topological polar surface area (TPSA) is 99.0 Å². The summed E-state index contributed by atoms with van der Waals surface area (Å²) < 4.78 is 5.02. The Labute approximate surface area is 140 Å². The van der Waals surface area contributed by atoms with E-state index in [1.54, 1.807) is 24.3 Å². The van der Waals surface area contributed by atoms with Gasteiger partial charge in [-0.25, -0.2) is 4.79 Å². The SMILES string of the molecule is O=C(NCC(O)C(O)c1ccc(CO)cc1)OCc1ccccc1. The average molecular weight is 331 g/mol. The van der Waals surface area contributed by atoms with Gasteiger partial charge in [0.1, 0.15) is 18.8 Å². The van der Waals surface area contributed by atoms with E-state index >= 15 is 0 Å². The van der Waals surface area contributed by atoms with Gasteiger partial charge >= 0.3 is 6.09 Å². The van der Waals surface area contributed by atoms with Gasteiger partial charge in [-0.15, -0.1) is 0 Å². The highest BCUT2D eigenvalue weighted by molar-refractivity contribution is 5.67. The van der Waals surface area contributed by atoms with Crippen molar-refractivity contribution in [3.63, 3.8) is 0 Å². The molecule has 0 radical (unpaired) electrons. The summed E-state index contributed by atoms with van der Waals surface area (Å²) in [7, 11) is 0. The molecule has 2 aromatic carbocycles. The van der Waals surface area contributed by atoms with Gasteiger partial charge in [0, 0.05) is 6.54 Å². The molecule has 128 valence electrons. The molecule has 24 heavy (non-hydrogen) atoms. The third kappa shape index (κ3) is 5.34. The molecule has 2 aromatic rings. The molecule has 0 aliphatic carbocycles. The van der Waals surface area contributed by atoms with Gasteiger partial charge in [0.05, 0.1) is 6.61 Å². The first kappa shape index (κ1) is 17.9. The maximum Gasteiger partial charge on any atom is 0.407 e. The Morgan fingerprint density at radius 2 is 1.67 bits per heavy atom. The van der Waals surface area contributed by atoms with Gasteiger partial charge in [0.2, 0.25) is 0 Å². The number of amides is 1. The minimum Gasteiger partial charge on any atom is -0.445 e. The van der Waals surface area contributed by atoms with Crippen LogP contribution in [0.2, 0.25) is 0 Å². The van der Waals surface area contributed by atoms with Crippen LogP contribution in [0.1, 0.15) is 22.8 Å². The third-order valence-electron chi connectivity index (χ3n) is 3.54. The van der Waals surface area contributed by atoms with Crippen LogP contribution in [0.5, 0.6) is 0 Å². The number of ether oxygens (including phenoxy) is 1. The van der Waals surface area contributed by atoms with Crippen molar-refractivity contribution >= 4 is 6.09 Å². The molecule has 0 saturated carbocycles. The van der Waals surface area contributed by atoms with Gasteiger partial charge < -0.3 is 25.4 Å². The number of benzene rings is 2. The van der Waals surface area contributed by atoms with Crippen molar-refractivity contribution in [2.75, 3.05) is 6.54 Å². The van der Waals surface area contributed by atoms with Crippen LogP contribution >= 0.6 is 0 Å². The van der Waals surface area contributed by atoms with Crippen LogP contribution in [0.15, 0.2) is 54.6 Å². The summed E-state index contributed by atoms with van der Waals surface area (Å²) in [4.78, 5) is 11.6. The summed E-state index contributed by atoms with van der Waals surface area (Å²) in [6.45, 7) is -0.0990. The van der Waals surface area contributed by atoms with E-state index in [0.717, 1.165) is 5.56 Å². The van der Waals surface area contributed by atoms with Gasteiger partial charge in [0.25, 0.3) is 0 Å². The molecular weight excluding hydrogens is 310 g/mol. The molecule has 2 unspecified atom stereocenters. The summed E-state index contributed by atoms with van der Waals surface area (Å²) in [5.74, 6) is 0.